The smallest absolute Gasteiger partial charge is 0.260 e. The lowest BCUT2D eigenvalue weighted by molar-refractivity contribution is -0.140. The van der Waals surface area contributed by atoms with Crippen molar-refractivity contribution in [3.8, 4) is 5.75 Å². The van der Waals surface area contributed by atoms with Gasteiger partial charge < -0.3 is 14.4 Å². The molecule has 6 rings (SSSR count). The Morgan fingerprint density at radius 3 is 2.59 bits per heavy atom. The molecule has 1 aromatic carbocycles. The molecule has 3 aliphatic heterocycles. The minimum Gasteiger partial charge on any atom is -0.483 e. The number of nitrogens with one attached hydrogen (secondary N) is 1. The second kappa shape index (κ2) is 9.12. The van der Waals surface area contributed by atoms with Gasteiger partial charge in [-0.1, -0.05) is 11.6 Å². The van der Waals surface area contributed by atoms with Gasteiger partial charge in [0.15, 0.2) is 6.61 Å². The van der Waals surface area contributed by atoms with Crippen LogP contribution in [0.15, 0.2) is 18.2 Å². The molecule has 2 aliphatic carbocycles. The number of carbonyl (C=O) groups excluding carboxylic acids is 1. The maximum Gasteiger partial charge on any atom is 0.260 e. The summed E-state index contributed by atoms with van der Waals surface area (Å²) in [5, 5.41) is 0.384. The van der Waals surface area contributed by atoms with E-state index in [2.05, 4.69) is 4.72 Å². The number of carbonyl (C=O) groups is 1. The van der Waals surface area contributed by atoms with Crippen molar-refractivity contribution in [1.29, 1.82) is 0 Å². The van der Waals surface area contributed by atoms with Crippen LogP contribution >= 0.6 is 11.6 Å². The highest BCUT2D eigenvalue weighted by Gasteiger charge is 2.42. The quantitative estimate of drug-likeness (QED) is 0.715. The van der Waals surface area contributed by atoms with E-state index in [1.54, 1.807) is 11.0 Å². The monoisotopic (exact) mass is 482 g/mol. The zero-order chi connectivity index (χ0) is 22.3. The third kappa shape index (κ3) is 4.79. The fourth-order valence-corrected chi connectivity index (χ4v) is 7.19. The molecule has 2 saturated carbocycles. The summed E-state index contributed by atoms with van der Waals surface area (Å²) in [6, 6.07) is 4.96. The largest absolute Gasteiger partial charge is 0.483 e. The maximum absolute atomic E-state index is 13.2. The standard InChI is InChI=1S/C23H31ClN2O5S/c24-16-5-10-22-19(12-16)15-3-6-17(7-4-15)30-13-21-20(25-32(28,29)18-8-9-18)2-1-11-26(21)23(27)14-31-22/h5,10,12,15,17-18,20-21,25H,1-4,6-9,11,13-14H2/t15-,17+,20-,21-/m0/s1. The summed E-state index contributed by atoms with van der Waals surface area (Å²) in [4.78, 5) is 15.0. The summed E-state index contributed by atoms with van der Waals surface area (Å²) in [7, 11) is -3.35. The Bertz CT molecular complexity index is 959. The fraction of sp³-hybridized carbons (Fsp3) is 0.696. The number of fused-ring (bicyclic) bond motifs is 5. The van der Waals surface area contributed by atoms with E-state index >= 15 is 0 Å². The second-order valence-corrected chi connectivity index (χ2v) is 12.0. The zero-order valence-electron chi connectivity index (χ0n) is 18.2. The van der Waals surface area contributed by atoms with Gasteiger partial charge in [0.05, 0.1) is 24.0 Å². The van der Waals surface area contributed by atoms with Crippen LogP contribution in [-0.4, -0.2) is 62.4 Å². The van der Waals surface area contributed by atoms with E-state index < -0.39 is 10.0 Å². The molecule has 2 atom stereocenters. The van der Waals surface area contributed by atoms with Crippen molar-refractivity contribution in [3.05, 3.63) is 28.8 Å². The van der Waals surface area contributed by atoms with Gasteiger partial charge in [-0.15, -0.1) is 0 Å². The number of halogens is 1. The summed E-state index contributed by atoms with van der Waals surface area (Å²) >= 11 is 6.27. The highest BCUT2D eigenvalue weighted by Crippen LogP contribution is 2.40. The molecule has 0 radical (unpaired) electrons. The second-order valence-electron chi connectivity index (χ2n) is 9.54. The first-order chi connectivity index (χ1) is 15.4. The van der Waals surface area contributed by atoms with Crippen LogP contribution in [0.1, 0.15) is 62.8 Å². The molecule has 1 saturated heterocycles. The summed E-state index contributed by atoms with van der Waals surface area (Å²) in [6.45, 7) is 0.847. The van der Waals surface area contributed by atoms with Crippen LogP contribution in [0.4, 0.5) is 0 Å². The van der Waals surface area contributed by atoms with E-state index in [0.717, 1.165) is 37.7 Å². The number of hydrogen-bond acceptors (Lipinski definition) is 5. The van der Waals surface area contributed by atoms with Crippen molar-refractivity contribution in [2.75, 3.05) is 19.8 Å². The first kappa shape index (κ1) is 22.4. The topological polar surface area (TPSA) is 84.9 Å². The van der Waals surface area contributed by atoms with Gasteiger partial charge in [-0.3, -0.25) is 4.79 Å². The molecule has 9 heteroatoms. The molecule has 176 valence electrons. The predicted octanol–water partition coefficient (Wildman–Crippen LogP) is 3.22. The third-order valence-corrected chi connectivity index (χ3v) is 9.53. The zero-order valence-corrected chi connectivity index (χ0v) is 19.7. The number of hydrogen-bond donors (Lipinski definition) is 1. The Hall–Kier alpha value is -1.35. The Balaban J connectivity index is 1.41. The van der Waals surface area contributed by atoms with E-state index in [9.17, 15) is 13.2 Å². The number of ether oxygens (including phenoxy) is 2. The average molecular weight is 483 g/mol. The molecule has 0 spiro atoms. The molecule has 3 heterocycles. The molecule has 0 aromatic heterocycles. The lowest BCUT2D eigenvalue weighted by atomic mass is 9.82. The van der Waals surface area contributed by atoms with E-state index in [4.69, 9.17) is 21.1 Å². The van der Waals surface area contributed by atoms with Crippen molar-refractivity contribution < 1.29 is 22.7 Å². The normalized spacial score (nSPS) is 31.5. The summed E-state index contributed by atoms with van der Waals surface area (Å²) in [5.41, 5.74) is 1.06. The number of rotatable bonds is 3. The number of amides is 1. The number of benzene rings is 1. The van der Waals surface area contributed by atoms with Crippen LogP contribution in [0.3, 0.4) is 0 Å². The SMILES string of the molecule is O=C1COc2ccc(Cl)cc2[C@H]2CC[C@H](CC2)OC[C@H]2[C@@H](NS(=O)(=O)C3CC3)CCCN12. The number of piperidine rings is 1. The van der Waals surface area contributed by atoms with Gasteiger partial charge in [-0.2, -0.15) is 0 Å². The molecule has 3 fully saturated rings. The van der Waals surface area contributed by atoms with Crippen LogP contribution in [-0.2, 0) is 19.6 Å². The minimum atomic E-state index is -3.35. The van der Waals surface area contributed by atoms with Gasteiger partial charge in [-0.05, 0) is 81.0 Å². The van der Waals surface area contributed by atoms with Crippen molar-refractivity contribution in [3.63, 3.8) is 0 Å². The number of nitrogens with zero attached hydrogens (tertiary/aromatic N) is 1. The van der Waals surface area contributed by atoms with Crippen LogP contribution in [0, 0.1) is 0 Å². The first-order valence-corrected chi connectivity index (χ1v) is 13.7. The van der Waals surface area contributed by atoms with Crippen LogP contribution in [0.25, 0.3) is 0 Å². The lowest BCUT2D eigenvalue weighted by Crippen LogP contribution is -2.60. The Morgan fingerprint density at radius 1 is 1.06 bits per heavy atom. The van der Waals surface area contributed by atoms with Gasteiger partial charge in [-0.25, -0.2) is 13.1 Å². The lowest BCUT2D eigenvalue weighted by Gasteiger charge is -2.42. The highest BCUT2D eigenvalue weighted by atomic mass is 35.5. The van der Waals surface area contributed by atoms with Gasteiger partial charge in [0.25, 0.3) is 5.91 Å². The summed E-state index contributed by atoms with van der Waals surface area (Å²) in [5.74, 6) is 0.910. The first-order valence-electron chi connectivity index (χ1n) is 11.7. The molecule has 0 unspecified atom stereocenters. The maximum atomic E-state index is 13.2. The van der Waals surface area contributed by atoms with Crippen molar-refractivity contribution in [1.82, 2.24) is 9.62 Å². The Kier molecular flexibility index (Phi) is 6.40. The van der Waals surface area contributed by atoms with Crippen LogP contribution < -0.4 is 9.46 Å². The highest BCUT2D eigenvalue weighted by molar-refractivity contribution is 7.90. The molecule has 1 aromatic rings. The predicted molar refractivity (Wildman–Crippen MR) is 121 cm³/mol. The van der Waals surface area contributed by atoms with E-state index in [1.807, 2.05) is 12.1 Å². The van der Waals surface area contributed by atoms with Crippen molar-refractivity contribution >= 4 is 27.5 Å². The molecule has 1 N–H and O–H groups in total. The Labute approximate surface area is 194 Å². The minimum absolute atomic E-state index is 0.0800. The molecule has 32 heavy (non-hydrogen) atoms. The molecular weight excluding hydrogens is 452 g/mol. The summed E-state index contributed by atoms with van der Waals surface area (Å²) in [6.07, 6.45) is 6.80. The number of sulfonamides is 1. The van der Waals surface area contributed by atoms with Gasteiger partial charge in [0.2, 0.25) is 10.0 Å². The third-order valence-electron chi connectivity index (χ3n) is 7.32. The molecular formula is C23H31ClN2O5S. The van der Waals surface area contributed by atoms with Crippen LogP contribution in [0.5, 0.6) is 5.75 Å². The van der Waals surface area contributed by atoms with Crippen molar-refractivity contribution in [2.24, 2.45) is 0 Å². The van der Waals surface area contributed by atoms with E-state index in [1.165, 1.54) is 0 Å². The van der Waals surface area contributed by atoms with E-state index in [0.29, 0.717) is 49.1 Å². The van der Waals surface area contributed by atoms with Crippen LogP contribution in [0.2, 0.25) is 5.02 Å². The fourth-order valence-electron chi connectivity index (χ4n) is 5.36. The average Bonchev–Trinajstić information content (AvgIpc) is 3.63. The van der Waals surface area contributed by atoms with Gasteiger partial charge >= 0.3 is 0 Å². The molecule has 2 bridgehead atoms. The Morgan fingerprint density at radius 2 is 1.84 bits per heavy atom. The molecule has 7 nitrogen and oxygen atoms in total. The van der Waals surface area contributed by atoms with Gasteiger partial charge in [0, 0.05) is 17.6 Å². The van der Waals surface area contributed by atoms with E-state index in [-0.39, 0.29) is 36.0 Å². The summed E-state index contributed by atoms with van der Waals surface area (Å²) < 4.78 is 40.5. The molecule has 5 aliphatic rings. The molecule has 1 amide bonds. The van der Waals surface area contributed by atoms with Gasteiger partial charge in [0.1, 0.15) is 5.75 Å². The van der Waals surface area contributed by atoms with Crippen molar-refractivity contribution in [2.45, 2.75) is 80.7 Å².